The van der Waals surface area contributed by atoms with E-state index in [1.54, 1.807) is 23.7 Å². The van der Waals surface area contributed by atoms with Gasteiger partial charge in [-0.15, -0.1) is 0 Å². The SMILES string of the molecule is Cn1c2ccccc2c(=O)c2cc([N+](=O)[O-])cc(Cl)c21. The summed E-state index contributed by atoms with van der Waals surface area (Å²) < 4.78 is 1.78. The Morgan fingerprint density at radius 1 is 1.20 bits per heavy atom. The summed E-state index contributed by atoms with van der Waals surface area (Å²) in [5, 5.41) is 11.9. The normalized spacial score (nSPS) is 11.1. The summed E-state index contributed by atoms with van der Waals surface area (Å²) in [7, 11) is 1.78. The molecule has 0 saturated carbocycles. The molecule has 0 aliphatic rings. The van der Waals surface area contributed by atoms with Crippen molar-refractivity contribution in [3.8, 4) is 0 Å². The van der Waals surface area contributed by atoms with Gasteiger partial charge in [0, 0.05) is 24.6 Å². The van der Waals surface area contributed by atoms with Crippen LogP contribution in [0.3, 0.4) is 0 Å². The Balaban J connectivity index is 2.63. The van der Waals surface area contributed by atoms with Crippen molar-refractivity contribution in [2.45, 2.75) is 0 Å². The quantitative estimate of drug-likeness (QED) is 0.392. The fourth-order valence-electron chi connectivity index (χ4n) is 2.43. The van der Waals surface area contributed by atoms with Crippen molar-refractivity contribution >= 4 is 39.1 Å². The second-order valence-corrected chi connectivity index (χ2v) is 4.89. The van der Waals surface area contributed by atoms with Gasteiger partial charge in [0.15, 0.2) is 5.43 Å². The van der Waals surface area contributed by atoms with Crippen LogP contribution in [0.25, 0.3) is 21.8 Å². The Morgan fingerprint density at radius 2 is 1.90 bits per heavy atom. The molecular weight excluding hydrogens is 280 g/mol. The van der Waals surface area contributed by atoms with Crippen molar-refractivity contribution < 1.29 is 4.92 Å². The van der Waals surface area contributed by atoms with E-state index in [-0.39, 0.29) is 21.5 Å². The lowest BCUT2D eigenvalue weighted by molar-refractivity contribution is -0.384. The number of non-ortho nitro benzene ring substituents is 1. The number of nitrogens with zero attached hydrogens (tertiary/aromatic N) is 2. The molecule has 0 bridgehead atoms. The van der Waals surface area contributed by atoms with Crippen LogP contribution in [0.5, 0.6) is 0 Å². The van der Waals surface area contributed by atoms with Crippen LogP contribution in [0.4, 0.5) is 5.69 Å². The molecule has 0 atom stereocenters. The maximum absolute atomic E-state index is 12.5. The summed E-state index contributed by atoms with van der Waals surface area (Å²) in [5.74, 6) is 0. The number of fused-ring (bicyclic) bond motifs is 2. The lowest BCUT2D eigenvalue weighted by Gasteiger charge is -2.11. The zero-order chi connectivity index (χ0) is 14.4. The molecule has 0 aliphatic carbocycles. The third-order valence-electron chi connectivity index (χ3n) is 3.35. The summed E-state index contributed by atoms with van der Waals surface area (Å²) in [6.07, 6.45) is 0. The predicted octanol–water partition coefficient (Wildman–Crippen LogP) is 3.25. The van der Waals surface area contributed by atoms with Crippen LogP contribution in [0, 0.1) is 10.1 Å². The standard InChI is InChI=1S/C14H9ClN2O3/c1-16-12-5-3-2-4-9(12)14(18)10-6-8(17(19)20)7-11(15)13(10)16/h2-7H,1H3. The van der Waals surface area contributed by atoms with Gasteiger partial charge in [-0.3, -0.25) is 14.9 Å². The van der Waals surface area contributed by atoms with E-state index in [2.05, 4.69) is 0 Å². The van der Waals surface area contributed by atoms with Crippen LogP contribution < -0.4 is 5.43 Å². The molecule has 3 rings (SSSR count). The molecule has 20 heavy (non-hydrogen) atoms. The highest BCUT2D eigenvalue weighted by molar-refractivity contribution is 6.35. The van der Waals surface area contributed by atoms with E-state index >= 15 is 0 Å². The molecule has 3 aromatic rings. The molecule has 0 N–H and O–H groups in total. The first-order chi connectivity index (χ1) is 9.50. The molecule has 1 heterocycles. The third kappa shape index (κ3) is 1.67. The Kier molecular flexibility index (Phi) is 2.72. The number of halogens is 1. The smallest absolute Gasteiger partial charge is 0.271 e. The molecule has 0 unspecified atom stereocenters. The molecular formula is C14H9ClN2O3. The number of benzene rings is 2. The van der Waals surface area contributed by atoms with Gasteiger partial charge in [0.2, 0.25) is 0 Å². The second-order valence-electron chi connectivity index (χ2n) is 4.49. The Labute approximate surface area is 118 Å². The van der Waals surface area contributed by atoms with Crippen molar-refractivity contribution in [3.05, 3.63) is 61.8 Å². The molecule has 0 spiro atoms. The fourth-order valence-corrected chi connectivity index (χ4v) is 2.77. The van der Waals surface area contributed by atoms with Crippen LogP contribution in [0.1, 0.15) is 0 Å². The first-order valence-electron chi connectivity index (χ1n) is 5.86. The number of aryl methyl sites for hydroxylation is 1. The number of aromatic nitrogens is 1. The first kappa shape index (κ1) is 12.6. The Hall–Kier alpha value is -2.40. The number of pyridine rings is 1. The average Bonchev–Trinajstić information content (AvgIpc) is 2.44. The molecule has 5 nitrogen and oxygen atoms in total. The zero-order valence-corrected chi connectivity index (χ0v) is 11.2. The van der Waals surface area contributed by atoms with E-state index in [0.29, 0.717) is 10.9 Å². The molecule has 0 aliphatic heterocycles. The number of rotatable bonds is 1. The van der Waals surface area contributed by atoms with Crippen LogP contribution in [0.15, 0.2) is 41.2 Å². The van der Waals surface area contributed by atoms with Gasteiger partial charge in [-0.25, -0.2) is 0 Å². The van der Waals surface area contributed by atoms with Gasteiger partial charge in [0.05, 0.1) is 26.4 Å². The minimum Gasteiger partial charge on any atom is -0.342 e. The van der Waals surface area contributed by atoms with E-state index in [4.69, 9.17) is 11.6 Å². The summed E-state index contributed by atoms with van der Waals surface area (Å²) in [6.45, 7) is 0. The number of hydrogen-bond acceptors (Lipinski definition) is 3. The second kappa shape index (κ2) is 4.31. The lowest BCUT2D eigenvalue weighted by Crippen LogP contribution is -2.09. The molecule has 2 aromatic carbocycles. The van der Waals surface area contributed by atoms with Crippen LogP contribution in [-0.4, -0.2) is 9.49 Å². The largest absolute Gasteiger partial charge is 0.342 e. The number of para-hydroxylation sites is 1. The van der Waals surface area contributed by atoms with E-state index in [1.807, 2.05) is 12.1 Å². The summed E-state index contributed by atoms with van der Waals surface area (Å²) in [6, 6.07) is 9.63. The molecule has 0 fully saturated rings. The summed E-state index contributed by atoms with van der Waals surface area (Å²) >= 11 is 6.12. The monoisotopic (exact) mass is 288 g/mol. The predicted molar refractivity (Wildman–Crippen MR) is 78.4 cm³/mol. The average molecular weight is 289 g/mol. The van der Waals surface area contributed by atoms with E-state index in [0.717, 1.165) is 5.52 Å². The van der Waals surface area contributed by atoms with Gasteiger partial charge in [-0.1, -0.05) is 23.7 Å². The zero-order valence-electron chi connectivity index (χ0n) is 10.5. The topological polar surface area (TPSA) is 65.1 Å². The molecule has 0 amide bonds. The highest BCUT2D eigenvalue weighted by atomic mass is 35.5. The first-order valence-corrected chi connectivity index (χ1v) is 6.24. The van der Waals surface area contributed by atoms with Crippen molar-refractivity contribution in [2.75, 3.05) is 0 Å². The highest BCUT2D eigenvalue weighted by Crippen LogP contribution is 2.29. The molecule has 0 saturated heterocycles. The van der Waals surface area contributed by atoms with Crippen LogP contribution in [0.2, 0.25) is 5.02 Å². The van der Waals surface area contributed by atoms with Gasteiger partial charge in [0.25, 0.3) is 5.69 Å². The van der Waals surface area contributed by atoms with Crippen molar-refractivity contribution in [1.29, 1.82) is 0 Å². The minimum atomic E-state index is -0.556. The summed E-state index contributed by atoms with van der Waals surface area (Å²) in [4.78, 5) is 22.8. The maximum Gasteiger partial charge on any atom is 0.271 e. The minimum absolute atomic E-state index is 0.185. The van der Waals surface area contributed by atoms with E-state index in [1.165, 1.54) is 12.1 Å². The fraction of sp³-hybridized carbons (Fsp3) is 0.0714. The maximum atomic E-state index is 12.5. The molecule has 1 aromatic heterocycles. The van der Waals surface area contributed by atoms with Crippen molar-refractivity contribution in [2.24, 2.45) is 7.05 Å². The lowest BCUT2D eigenvalue weighted by atomic mass is 10.1. The van der Waals surface area contributed by atoms with Gasteiger partial charge in [-0.05, 0) is 12.1 Å². The van der Waals surface area contributed by atoms with Crippen LogP contribution in [-0.2, 0) is 7.05 Å². The Morgan fingerprint density at radius 3 is 2.60 bits per heavy atom. The molecule has 6 heteroatoms. The van der Waals surface area contributed by atoms with Crippen LogP contribution >= 0.6 is 11.6 Å². The number of nitro groups is 1. The Bertz CT molecular complexity index is 931. The van der Waals surface area contributed by atoms with Gasteiger partial charge >= 0.3 is 0 Å². The van der Waals surface area contributed by atoms with Gasteiger partial charge in [-0.2, -0.15) is 0 Å². The molecule has 0 radical (unpaired) electrons. The van der Waals surface area contributed by atoms with Gasteiger partial charge < -0.3 is 4.57 Å². The summed E-state index contributed by atoms with van der Waals surface area (Å²) in [5.41, 5.74) is 0.802. The van der Waals surface area contributed by atoms with Crippen molar-refractivity contribution in [1.82, 2.24) is 4.57 Å². The third-order valence-corrected chi connectivity index (χ3v) is 3.64. The number of hydrogen-bond donors (Lipinski definition) is 0. The molecule has 100 valence electrons. The van der Waals surface area contributed by atoms with E-state index in [9.17, 15) is 14.9 Å². The highest BCUT2D eigenvalue weighted by Gasteiger charge is 2.16. The van der Waals surface area contributed by atoms with Crippen molar-refractivity contribution in [3.63, 3.8) is 0 Å². The van der Waals surface area contributed by atoms with E-state index < -0.39 is 4.92 Å². The number of nitro benzene ring substituents is 1. The van der Waals surface area contributed by atoms with Gasteiger partial charge in [0.1, 0.15) is 0 Å².